The summed E-state index contributed by atoms with van der Waals surface area (Å²) >= 11 is 1.62. The molecule has 2 aliphatic heterocycles. The summed E-state index contributed by atoms with van der Waals surface area (Å²) in [6.45, 7) is 3.22. The smallest absolute Gasteiger partial charge is 0.205 e. The molecular weight excluding hydrogens is 358 g/mol. The molecule has 0 saturated carbocycles. The standard InChI is InChI=1S/C21H25N3O2S/c22-11-15-19(20-16(25)6-5-7-17(20)26-21(15)23)18-10-14(13-27-18)12-24-8-3-1-2-4-9-24/h10,13,19H,1-9,12,23H2. The van der Waals surface area contributed by atoms with Gasteiger partial charge in [0, 0.05) is 29.8 Å². The van der Waals surface area contributed by atoms with Gasteiger partial charge in [-0.25, -0.2) is 0 Å². The number of allylic oxidation sites excluding steroid dienone is 3. The van der Waals surface area contributed by atoms with Crippen LogP contribution in [0.15, 0.2) is 34.2 Å². The Morgan fingerprint density at radius 3 is 2.74 bits per heavy atom. The number of rotatable bonds is 3. The van der Waals surface area contributed by atoms with E-state index in [1.807, 2.05) is 0 Å². The third kappa shape index (κ3) is 3.67. The van der Waals surface area contributed by atoms with Crippen molar-refractivity contribution >= 4 is 17.1 Å². The quantitative estimate of drug-likeness (QED) is 0.855. The van der Waals surface area contributed by atoms with Gasteiger partial charge in [-0.15, -0.1) is 11.3 Å². The Morgan fingerprint density at radius 1 is 1.22 bits per heavy atom. The minimum absolute atomic E-state index is 0.0870. The third-order valence-corrected chi connectivity index (χ3v) is 6.71. The number of carbonyl (C=O) groups excluding carboxylic acids is 1. The molecule has 27 heavy (non-hydrogen) atoms. The SMILES string of the molecule is N#CC1=C(N)OC2=C(C(=O)CCC2)C1c1cc(CN2CCCCCC2)cs1. The molecule has 142 valence electrons. The lowest BCUT2D eigenvalue weighted by atomic mass is 9.80. The molecule has 6 heteroatoms. The van der Waals surface area contributed by atoms with E-state index in [-0.39, 0.29) is 17.6 Å². The van der Waals surface area contributed by atoms with Crippen LogP contribution >= 0.6 is 11.3 Å². The second kappa shape index (κ2) is 7.87. The lowest BCUT2D eigenvalue weighted by Crippen LogP contribution is -2.27. The van der Waals surface area contributed by atoms with Crippen molar-refractivity contribution in [2.24, 2.45) is 5.73 Å². The summed E-state index contributed by atoms with van der Waals surface area (Å²) in [7, 11) is 0. The van der Waals surface area contributed by atoms with Crippen molar-refractivity contribution in [2.75, 3.05) is 13.1 Å². The lowest BCUT2D eigenvalue weighted by molar-refractivity contribution is -0.116. The molecule has 1 atom stereocenters. The normalized spacial score (nSPS) is 24.3. The van der Waals surface area contributed by atoms with Crippen LogP contribution in [0.2, 0.25) is 0 Å². The van der Waals surface area contributed by atoms with Gasteiger partial charge in [-0.2, -0.15) is 5.26 Å². The molecular formula is C21H25N3O2S. The van der Waals surface area contributed by atoms with E-state index in [1.54, 1.807) is 11.3 Å². The molecule has 2 N–H and O–H groups in total. The topological polar surface area (TPSA) is 79.4 Å². The molecule has 3 heterocycles. The van der Waals surface area contributed by atoms with Gasteiger partial charge in [0.1, 0.15) is 17.4 Å². The van der Waals surface area contributed by atoms with Crippen LogP contribution in [0.3, 0.4) is 0 Å². The van der Waals surface area contributed by atoms with Gasteiger partial charge < -0.3 is 10.5 Å². The van der Waals surface area contributed by atoms with E-state index in [0.29, 0.717) is 29.7 Å². The van der Waals surface area contributed by atoms with Crippen molar-refractivity contribution in [1.82, 2.24) is 4.90 Å². The number of ether oxygens (including phenoxy) is 1. The summed E-state index contributed by atoms with van der Waals surface area (Å²) < 4.78 is 5.65. The molecule has 1 aromatic heterocycles. The van der Waals surface area contributed by atoms with Crippen LogP contribution in [-0.4, -0.2) is 23.8 Å². The molecule has 1 saturated heterocycles. The molecule has 1 aromatic rings. The molecule has 1 fully saturated rings. The van der Waals surface area contributed by atoms with Crippen LogP contribution in [0, 0.1) is 11.3 Å². The number of Topliss-reactive ketones (excluding diaryl/α,β-unsaturated/α-hetero) is 1. The van der Waals surface area contributed by atoms with Crippen molar-refractivity contribution in [2.45, 2.75) is 57.4 Å². The molecule has 4 rings (SSSR count). The number of carbonyl (C=O) groups is 1. The highest BCUT2D eigenvalue weighted by Gasteiger charge is 2.38. The molecule has 1 unspecified atom stereocenters. The Hall–Kier alpha value is -2.10. The Kier molecular flexibility index (Phi) is 5.33. The first kappa shape index (κ1) is 18.3. The summed E-state index contributed by atoms with van der Waals surface area (Å²) in [4.78, 5) is 16.2. The summed E-state index contributed by atoms with van der Waals surface area (Å²) in [5, 5.41) is 11.8. The van der Waals surface area contributed by atoms with Crippen LogP contribution < -0.4 is 5.73 Å². The first-order chi connectivity index (χ1) is 13.2. The summed E-state index contributed by atoms with van der Waals surface area (Å²) in [5.41, 5.74) is 8.30. The zero-order valence-corrected chi connectivity index (χ0v) is 16.3. The molecule has 0 spiro atoms. The van der Waals surface area contributed by atoms with E-state index in [1.165, 1.54) is 31.2 Å². The van der Waals surface area contributed by atoms with Crippen molar-refractivity contribution in [3.63, 3.8) is 0 Å². The zero-order chi connectivity index (χ0) is 18.8. The largest absolute Gasteiger partial charge is 0.444 e. The van der Waals surface area contributed by atoms with Crippen LogP contribution in [0.4, 0.5) is 0 Å². The van der Waals surface area contributed by atoms with Crippen molar-refractivity contribution in [1.29, 1.82) is 5.26 Å². The molecule has 5 nitrogen and oxygen atoms in total. The van der Waals surface area contributed by atoms with Gasteiger partial charge in [0.25, 0.3) is 0 Å². The molecule has 0 radical (unpaired) electrons. The predicted octanol–water partition coefficient (Wildman–Crippen LogP) is 3.94. The number of hydrogen-bond acceptors (Lipinski definition) is 6. The van der Waals surface area contributed by atoms with Gasteiger partial charge in [0.15, 0.2) is 5.78 Å². The van der Waals surface area contributed by atoms with Gasteiger partial charge in [-0.1, -0.05) is 12.8 Å². The fourth-order valence-electron chi connectivity index (χ4n) is 4.32. The second-order valence-corrected chi connectivity index (χ2v) is 8.53. The van der Waals surface area contributed by atoms with Crippen molar-refractivity contribution in [3.05, 3.63) is 44.7 Å². The van der Waals surface area contributed by atoms with Gasteiger partial charge >= 0.3 is 0 Å². The maximum absolute atomic E-state index is 12.6. The number of likely N-dealkylation sites (tertiary alicyclic amines) is 1. The summed E-state index contributed by atoms with van der Waals surface area (Å²) in [6, 6.07) is 4.35. The third-order valence-electron chi connectivity index (χ3n) is 5.67. The average molecular weight is 384 g/mol. The van der Waals surface area contributed by atoms with Gasteiger partial charge in [-0.3, -0.25) is 9.69 Å². The number of nitrogens with two attached hydrogens (primary N) is 1. The zero-order valence-electron chi connectivity index (χ0n) is 15.5. The maximum Gasteiger partial charge on any atom is 0.205 e. The van der Waals surface area contributed by atoms with Crippen LogP contribution in [0.5, 0.6) is 0 Å². The highest BCUT2D eigenvalue weighted by atomic mass is 32.1. The summed E-state index contributed by atoms with van der Waals surface area (Å²) in [6.07, 6.45) is 7.18. The molecule has 0 amide bonds. The van der Waals surface area contributed by atoms with E-state index in [4.69, 9.17) is 10.5 Å². The fraction of sp³-hybridized carbons (Fsp3) is 0.524. The van der Waals surface area contributed by atoms with E-state index in [9.17, 15) is 10.1 Å². The van der Waals surface area contributed by atoms with Crippen molar-refractivity contribution < 1.29 is 9.53 Å². The van der Waals surface area contributed by atoms with E-state index in [2.05, 4.69) is 22.4 Å². The Labute approximate surface area is 164 Å². The predicted molar refractivity (Wildman–Crippen MR) is 105 cm³/mol. The van der Waals surface area contributed by atoms with Gasteiger partial charge in [0.05, 0.1) is 5.92 Å². The number of nitrogens with zero attached hydrogens (tertiary/aromatic N) is 2. The Balaban J connectivity index is 1.63. The number of thiophene rings is 1. The highest BCUT2D eigenvalue weighted by Crippen LogP contribution is 2.45. The van der Waals surface area contributed by atoms with Crippen LogP contribution in [-0.2, 0) is 16.1 Å². The number of hydrogen-bond donors (Lipinski definition) is 1. The van der Waals surface area contributed by atoms with Crippen LogP contribution in [0.1, 0.15) is 61.3 Å². The second-order valence-electron chi connectivity index (χ2n) is 7.59. The van der Waals surface area contributed by atoms with E-state index < -0.39 is 0 Å². The van der Waals surface area contributed by atoms with Gasteiger partial charge in [0.2, 0.25) is 5.88 Å². The van der Waals surface area contributed by atoms with Gasteiger partial charge in [-0.05, 0) is 49.4 Å². The first-order valence-electron chi connectivity index (χ1n) is 9.81. The maximum atomic E-state index is 12.6. The Morgan fingerprint density at radius 2 is 2.00 bits per heavy atom. The molecule has 1 aliphatic carbocycles. The minimum atomic E-state index is -0.366. The monoisotopic (exact) mass is 383 g/mol. The summed E-state index contributed by atoms with van der Waals surface area (Å²) in [5.74, 6) is 0.534. The van der Waals surface area contributed by atoms with E-state index in [0.717, 1.165) is 30.9 Å². The Bertz CT molecular complexity index is 838. The molecule has 3 aliphatic rings. The fourth-order valence-corrected chi connectivity index (χ4v) is 5.34. The van der Waals surface area contributed by atoms with Crippen molar-refractivity contribution in [3.8, 4) is 6.07 Å². The highest BCUT2D eigenvalue weighted by molar-refractivity contribution is 7.10. The first-order valence-corrected chi connectivity index (χ1v) is 10.7. The number of nitriles is 1. The molecule has 0 aromatic carbocycles. The average Bonchev–Trinajstić information content (AvgIpc) is 2.95. The minimum Gasteiger partial charge on any atom is -0.444 e. The molecule has 0 bridgehead atoms. The lowest BCUT2D eigenvalue weighted by Gasteiger charge is -2.30. The van der Waals surface area contributed by atoms with E-state index >= 15 is 0 Å². The van der Waals surface area contributed by atoms with Crippen LogP contribution in [0.25, 0.3) is 0 Å². The number of ketones is 1.